The fourth-order valence-corrected chi connectivity index (χ4v) is 6.73. The van der Waals surface area contributed by atoms with Crippen molar-refractivity contribution in [3.05, 3.63) is 48.0 Å². The summed E-state index contributed by atoms with van der Waals surface area (Å²) in [5.41, 5.74) is 1.04. The molecule has 0 radical (unpaired) electrons. The summed E-state index contributed by atoms with van der Waals surface area (Å²) >= 11 is 1.60. The smallest absolute Gasteiger partial charge is 0.165 e. The van der Waals surface area contributed by atoms with Crippen LogP contribution < -0.4 is 0 Å². The highest BCUT2D eigenvalue weighted by molar-refractivity contribution is 8.14. The van der Waals surface area contributed by atoms with Crippen LogP contribution in [0, 0.1) is 0 Å². The van der Waals surface area contributed by atoms with Gasteiger partial charge in [-0.1, -0.05) is 49.4 Å². The molecule has 116 valence electrons. The molecule has 1 aliphatic rings. The Hall–Kier alpha value is -1.13. The molecule has 3 rings (SSSR count). The number of hydrogen-bond acceptors (Lipinski definition) is 3. The van der Waals surface area contributed by atoms with Crippen LogP contribution >= 0.6 is 11.8 Å². The molecule has 0 N–H and O–H groups in total. The summed E-state index contributed by atoms with van der Waals surface area (Å²) in [5, 5.41) is 2.27. The van der Waals surface area contributed by atoms with Gasteiger partial charge in [-0.2, -0.15) is 0 Å². The maximum atomic E-state index is 13.0. The topological polar surface area (TPSA) is 34.1 Å². The zero-order chi connectivity index (χ0) is 15.6. The monoisotopic (exact) mass is 332 g/mol. The molecular formula is C18H20O2S2. The SMILES string of the molecule is CC[C@@]1(C(=O)Cc2cccc3ccccc23)SCCCS1=O. The molecule has 1 fully saturated rings. The van der Waals surface area contributed by atoms with Gasteiger partial charge in [-0.05, 0) is 34.9 Å². The number of Topliss-reactive ketones (excluding diaryl/α,β-unsaturated/α-hetero) is 1. The molecule has 0 aliphatic carbocycles. The van der Waals surface area contributed by atoms with Crippen LogP contribution in [0.4, 0.5) is 0 Å². The molecule has 2 atom stereocenters. The quantitative estimate of drug-likeness (QED) is 0.850. The van der Waals surface area contributed by atoms with Crippen LogP contribution in [0.15, 0.2) is 42.5 Å². The molecule has 2 aromatic carbocycles. The number of hydrogen-bond donors (Lipinski definition) is 0. The Bertz CT molecular complexity index is 721. The zero-order valence-electron chi connectivity index (χ0n) is 12.7. The standard InChI is InChI=1S/C18H20O2S2/c1-2-18(21-11-6-12-22(18)20)17(19)13-15-9-5-8-14-7-3-4-10-16(14)15/h3-5,7-10H,2,6,11-13H2,1H3/t18-,22?/m1/s1. The van der Waals surface area contributed by atoms with Crippen LogP contribution in [-0.4, -0.2) is 25.6 Å². The third kappa shape index (κ3) is 2.74. The average molecular weight is 332 g/mol. The molecule has 1 unspecified atom stereocenters. The molecule has 2 aromatic rings. The first kappa shape index (κ1) is 15.8. The third-order valence-electron chi connectivity index (χ3n) is 4.30. The van der Waals surface area contributed by atoms with E-state index in [0.29, 0.717) is 18.6 Å². The second-order valence-corrected chi connectivity index (χ2v) is 9.04. The second-order valence-electron chi connectivity index (χ2n) is 5.60. The van der Waals surface area contributed by atoms with E-state index in [2.05, 4.69) is 18.2 Å². The summed E-state index contributed by atoms with van der Waals surface area (Å²) in [6.45, 7) is 1.98. The first-order chi connectivity index (χ1) is 10.7. The number of ketones is 1. The Labute approximate surface area is 138 Å². The molecule has 2 nitrogen and oxygen atoms in total. The number of carbonyl (C=O) groups excluding carboxylic acids is 1. The molecule has 1 aliphatic heterocycles. The van der Waals surface area contributed by atoms with Gasteiger partial charge in [0.15, 0.2) is 5.78 Å². The minimum absolute atomic E-state index is 0.120. The van der Waals surface area contributed by atoms with Crippen LogP contribution in [0.1, 0.15) is 25.3 Å². The van der Waals surface area contributed by atoms with E-state index in [9.17, 15) is 9.00 Å². The Morgan fingerprint density at radius 2 is 2.00 bits per heavy atom. The highest BCUT2D eigenvalue weighted by atomic mass is 32.2. The first-order valence-electron chi connectivity index (χ1n) is 7.70. The average Bonchev–Trinajstić information content (AvgIpc) is 2.56. The maximum Gasteiger partial charge on any atom is 0.165 e. The summed E-state index contributed by atoms with van der Waals surface area (Å²) in [5.74, 6) is 1.71. The summed E-state index contributed by atoms with van der Waals surface area (Å²) in [6, 6.07) is 14.2. The lowest BCUT2D eigenvalue weighted by Gasteiger charge is -2.33. The number of benzene rings is 2. The second kappa shape index (κ2) is 6.55. The molecule has 1 saturated heterocycles. The fourth-order valence-electron chi connectivity index (χ4n) is 3.08. The number of thioether (sulfide) groups is 1. The van der Waals surface area contributed by atoms with Crippen molar-refractivity contribution in [3.8, 4) is 0 Å². The predicted octanol–water partition coefficient (Wildman–Crippen LogP) is 3.94. The Morgan fingerprint density at radius 1 is 1.23 bits per heavy atom. The van der Waals surface area contributed by atoms with Crippen molar-refractivity contribution in [2.24, 2.45) is 0 Å². The van der Waals surface area contributed by atoms with Crippen molar-refractivity contribution in [2.75, 3.05) is 11.5 Å². The Balaban J connectivity index is 1.94. The fraction of sp³-hybridized carbons (Fsp3) is 0.389. The van der Waals surface area contributed by atoms with Gasteiger partial charge in [-0.15, -0.1) is 11.8 Å². The largest absolute Gasteiger partial charge is 0.297 e. The minimum atomic E-state index is -1.06. The number of fused-ring (bicyclic) bond motifs is 1. The van der Waals surface area contributed by atoms with Gasteiger partial charge in [0.2, 0.25) is 0 Å². The third-order valence-corrected chi connectivity index (χ3v) is 8.60. The van der Waals surface area contributed by atoms with Crippen LogP contribution in [0.5, 0.6) is 0 Å². The van der Waals surface area contributed by atoms with E-state index in [4.69, 9.17) is 0 Å². The maximum absolute atomic E-state index is 13.0. The van der Waals surface area contributed by atoms with Crippen LogP contribution in [0.2, 0.25) is 0 Å². The predicted molar refractivity (Wildman–Crippen MR) is 95.8 cm³/mol. The zero-order valence-corrected chi connectivity index (χ0v) is 14.3. The van der Waals surface area contributed by atoms with E-state index >= 15 is 0 Å². The normalized spacial score (nSPS) is 25.2. The van der Waals surface area contributed by atoms with Crippen LogP contribution in [0.3, 0.4) is 0 Å². The summed E-state index contributed by atoms with van der Waals surface area (Å²) < 4.78 is 11.8. The summed E-state index contributed by atoms with van der Waals surface area (Å²) in [7, 11) is -1.06. The van der Waals surface area contributed by atoms with Crippen molar-refractivity contribution in [1.82, 2.24) is 0 Å². The molecule has 0 saturated carbocycles. The van der Waals surface area contributed by atoms with E-state index in [1.165, 1.54) is 0 Å². The van der Waals surface area contributed by atoms with E-state index in [-0.39, 0.29) is 5.78 Å². The van der Waals surface area contributed by atoms with Gasteiger partial charge in [0.1, 0.15) is 4.08 Å². The van der Waals surface area contributed by atoms with Crippen molar-refractivity contribution >= 4 is 39.1 Å². The lowest BCUT2D eigenvalue weighted by molar-refractivity contribution is -0.118. The van der Waals surface area contributed by atoms with Gasteiger partial charge in [-0.3, -0.25) is 9.00 Å². The Kier molecular flexibility index (Phi) is 4.69. The van der Waals surface area contributed by atoms with Gasteiger partial charge in [0.05, 0.1) is 0 Å². The molecule has 1 heterocycles. The van der Waals surface area contributed by atoms with Crippen molar-refractivity contribution < 1.29 is 9.00 Å². The molecule has 0 bridgehead atoms. The van der Waals surface area contributed by atoms with E-state index in [0.717, 1.165) is 28.5 Å². The molecule has 0 aromatic heterocycles. The van der Waals surface area contributed by atoms with Crippen LogP contribution in [0.25, 0.3) is 10.8 Å². The molecular weight excluding hydrogens is 312 g/mol. The Morgan fingerprint density at radius 3 is 2.77 bits per heavy atom. The molecule has 0 amide bonds. The highest BCUT2D eigenvalue weighted by Gasteiger charge is 2.44. The molecule has 22 heavy (non-hydrogen) atoms. The summed E-state index contributed by atoms with van der Waals surface area (Å²) in [4.78, 5) is 13.0. The summed E-state index contributed by atoms with van der Waals surface area (Å²) in [6.07, 6.45) is 1.96. The lowest BCUT2D eigenvalue weighted by Crippen LogP contribution is -2.44. The van der Waals surface area contributed by atoms with Crippen molar-refractivity contribution in [1.29, 1.82) is 0 Å². The van der Waals surface area contributed by atoms with Gasteiger partial charge >= 0.3 is 0 Å². The van der Waals surface area contributed by atoms with Crippen molar-refractivity contribution in [3.63, 3.8) is 0 Å². The van der Waals surface area contributed by atoms with E-state index in [1.807, 2.05) is 31.2 Å². The van der Waals surface area contributed by atoms with E-state index < -0.39 is 14.9 Å². The van der Waals surface area contributed by atoms with Gasteiger partial charge in [0, 0.05) is 23.0 Å². The van der Waals surface area contributed by atoms with Gasteiger partial charge in [0.25, 0.3) is 0 Å². The molecule has 4 heteroatoms. The van der Waals surface area contributed by atoms with Gasteiger partial charge in [-0.25, -0.2) is 0 Å². The lowest BCUT2D eigenvalue weighted by atomic mass is 9.99. The minimum Gasteiger partial charge on any atom is -0.297 e. The number of rotatable bonds is 4. The number of carbonyl (C=O) groups is 1. The van der Waals surface area contributed by atoms with Crippen molar-refractivity contribution in [2.45, 2.75) is 30.3 Å². The first-order valence-corrected chi connectivity index (χ1v) is 10.0. The van der Waals surface area contributed by atoms with Crippen LogP contribution in [-0.2, 0) is 22.0 Å². The molecule has 0 spiro atoms. The highest BCUT2D eigenvalue weighted by Crippen LogP contribution is 2.39. The van der Waals surface area contributed by atoms with Gasteiger partial charge < -0.3 is 0 Å². The van der Waals surface area contributed by atoms with E-state index in [1.54, 1.807) is 11.8 Å².